The third-order valence-corrected chi connectivity index (χ3v) is 4.51. The third kappa shape index (κ3) is 4.33. The van der Waals surface area contributed by atoms with Crippen molar-refractivity contribution >= 4 is 34.3 Å². The number of anilines is 1. The SMILES string of the molecule is CCOc1cc(/C=N\Nc2nc(-c3ccccc3)cs2)cc(Cl)c1OC. The number of nitrogens with zero attached hydrogens (tertiary/aromatic N) is 2. The maximum atomic E-state index is 6.24. The second kappa shape index (κ2) is 8.69. The fourth-order valence-corrected chi connectivity index (χ4v) is 3.32. The van der Waals surface area contributed by atoms with E-state index >= 15 is 0 Å². The van der Waals surface area contributed by atoms with Crippen molar-refractivity contribution in [1.29, 1.82) is 0 Å². The molecular formula is C19H18ClN3O2S. The number of hydrogen-bond donors (Lipinski definition) is 1. The summed E-state index contributed by atoms with van der Waals surface area (Å²) in [5.74, 6) is 1.11. The molecule has 1 heterocycles. The van der Waals surface area contributed by atoms with Crippen molar-refractivity contribution < 1.29 is 9.47 Å². The Morgan fingerprint density at radius 1 is 1.27 bits per heavy atom. The van der Waals surface area contributed by atoms with Gasteiger partial charge in [0.15, 0.2) is 11.5 Å². The smallest absolute Gasteiger partial charge is 0.203 e. The molecule has 7 heteroatoms. The van der Waals surface area contributed by atoms with E-state index in [2.05, 4.69) is 15.5 Å². The molecule has 0 aliphatic rings. The minimum absolute atomic E-state index is 0.473. The molecule has 0 spiro atoms. The number of aromatic nitrogens is 1. The highest BCUT2D eigenvalue weighted by atomic mass is 35.5. The Labute approximate surface area is 161 Å². The number of hydrogen-bond acceptors (Lipinski definition) is 6. The first-order valence-corrected chi connectivity index (χ1v) is 9.27. The highest BCUT2D eigenvalue weighted by Gasteiger charge is 2.10. The van der Waals surface area contributed by atoms with Crippen LogP contribution < -0.4 is 14.9 Å². The topological polar surface area (TPSA) is 55.7 Å². The molecule has 0 bridgehead atoms. The summed E-state index contributed by atoms with van der Waals surface area (Å²) in [6.45, 7) is 2.43. The number of benzene rings is 2. The summed E-state index contributed by atoms with van der Waals surface area (Å²) in [4.78, 5) is 4.53. The zero-order valence-electron chi connectivity index (χ0n) is 14.4. The molecule has 0 amide bonds. The number of ether oxygens (including phenoxy) is 2. The highest BCUT2D eigenvalue weighted by Crippen LogP contribution is 2.36. The quantitative estimate of drug-likeness (QED) is 0.440. The number of halogens is 1. The first-order chi connectivity index (χ1) is 12.7. The lowest BCUT2D eigenvalue weighted by Crippen LogP contribution is -1.98. The third-order valence-electron chi connectivity index (χ3n) is 3.48. The molecule has 0 fully saturated rings. The van der Waals surface area contributed by atoms with Crippen LogP contribution in [0.25, 0.3) is 11.3 Å². The van der Waals surface area contributed by atoms with E-state index in [1.165, 1.54) is 11.3 Å². The predicted molar refractivity (Wildman–Crippen MR) is 108 cm³/mol. The first-order valence-electron chi connectivity index (χ1n) is 8.01. The molecule has 0 saturated carbocycles. The summed E-state index contributed by atoms with van der Waals surface area (Å²) >= 11 is 7.73. The van der Waals surface area contributed by atoms with Crippen LogP contribution in [0, 0.1) is 0 Å². The van der Waals surface area contributed by atoms with Crippen molar-refractivity contribution in [1.82, 2.24) is 4.98 Å². The molecule has 0 atom stereocenters. The van der Waals surface area contributed by atoms with Gasteiger partial charge in [-0.3, -0.25) is 5.43 Å². The molecule has 2 aromatic carbocycles. The second-order valence-electron chi connectivity index (χ2n) is 5.24. The molecule has 3 aromatic rings. The Morgan fingerprint density at radius 3 is 2.81 bits per heavy atom. The van der Waals surface area contributed by atoms with E-state index in [-0.39, 0.29) is 0 Å². The first kappa shape index (κ1) is 18.2. The van der Waals surface area contributed by atoms with Crippen LogP contribution in [0.2, 0.25) is 5.02 Å². The van der Waals surface area contributed by atoms with Crippen LogP contribution >= 0.6 is 22.9 Å². The Morgan fingerprint density at radius 2 is 2.08 bits per heavy atom. The molecule has 0 saturated heterocycles. The van der Waals surface area contributed by atoms with Gasteiger partial charge in [-0.1, -0.05) is 41.9 Å². The van der Waals surface area contributed by atoms with Crippen molar-refractivity contribution in [3.63, 3.8) is 0 Å². The van der Waals surface area contributed by atoms with Gasteiger partial charge in [0.25, 0.3) is 0 Å². The van der Waals surface area contributed by atoms with Crippen LogP contribution in [0.4, 0.5) is 5.13 Å². The minimum atomic E-state index is 0.473. The number of nitrogens with one attached hydrogen (secondary N) is 1. The van der Waals surface area contributed by atoms with Gasteiger partial charge in [0, 0.05) is 10.9 Å². The van der Waals surface area contributed by atoms with Crippen molar-refractivity contribution in [3.05, 3.63) is 58.4 Å². The lowest BCUT2D eigenvalue weighted by Gasteiger charge is -2.11. The van der Waals surface area contributed by atoms with Crippen molar-refractivity contribution in [2.45, 2.75) is 6.92 Å². The largest absolute Gasteiger partial charge is 0.491 e. The molecule has 1 N–H and O–H groups in total. The Kier molecular flexibility index (Phi) is 6.09. The number of thiazole rings is 1. The molecule has 0 aliphatic carbocycles. The summed E-state index contributed by atoms with van der Waals surface area (Å²) in [5, 5.41) is 7.41. The lowest BCUT2D eigenvalue weighted by molar-refractivity contribution is 0.311. The predicted octanol–water partition coefficient (Wildman–Crippen LogP) is 5.32. The van der Waals surface area contributed by atoms with Crippen LogP contribution in [0.5, 0.6) is 11.5 Å². The molecule has 134 valence electrons. The van der Waals surface area contributed by atoms with Gasteiger partial charge in [-0.2, -0.15) is 5.10 Å². The van der Waals surface area contributed by atoms with Gasteiger partial charge >= 0.3 is 0 Å². The maximum Gasteiger partial charge on any atom is 0.203 e. The molecule has 0 unspecified atom stereocenters. The average molecular weight is 388 g/mol. The monoisotopic (exact) mass is 387 g/mol. The Hall–Kier alpha value is -2.57. The zero-order chi connectivity index (χ0) is 18.4. The minimum Gasteiger partial charge on any atom is -0.491 e. The van der Waals surface area contributed by atoms with E-state index in [4.69, 9.17) is 21.1 Å². The van der Waals surface area contributed by atoms with Crippen LogP contribution in [0.3, 0.4) is 0 Å². The van der Waals surface area contributed by atoms with Gasteiger partial charge in [-0.05, 0) is 24.6 Å². The highest BCUT2D eigenvalue weighted by molar-refractivity contribution is 7.14. The second-order valence-corrected chi connectivity index (χ2v) is 6.51. The van der Waals surface area contributed by atoms with E-state index in [1.54, 1.807) is 19.4 Å². The molecular weight excluding hydrogens is 370 g/mol. The molecule has 5 nitrogen and oxygen atoms in total. The van der Waals surface area contributed by atoms with Gasteiger partial charge in [0.05, 0.1) is 30.6 Å². The van der Waals surface area contributed by atoms with Crippen LogP contribution in [-0.2, 0) is 0 Å². The Balaban J connectivity index is 1.72. The Bertz CT molecular complexity index is 897. The van der Waals surface area contributed by atoms with Gasteiger partial charge in [-0.15, -0.1) is 11.3 Å². The van der Waals surface area contributed by atoms with Crippen molar-refractivity contribution in [2.24, 2.45) is 5.10 Å². The van der Waals surface area contributed by atoms with E-state index in [0.717, 1.165) is 16.8 Å². The summed E-state index contributed by atoms with van der Waals surface area (Å²) in [5.41, 5.74) is 5.73. The van der Waals surface area contributed by atoms with Gasteiger partial charge in [-0.25, -0.2) is 4.98 Å². The van der Waals surface area contributed by atoms with Crippen LogP contribution in [0.1, 0.15) is 12.5 Å². The average Bonchev–Trinajstić information content (AvgIpc) is 3.12. The molecule has 26 heavy (non-hydrogen) atoms. The number of rotatable bonds is 7. The van der Waals surface area contributed by atoms with Gasteiger partial charge < -0.3 is 9.47 Å². The summed E-state index contributed by atoms with van der Waals surface area (Å²) in [7, 11) is 1.56. The van der Waals surface area contributed by atoms with Crippen LogP contribution in [-0.4, -0.2) is 24.9 Å². The molecule has 0 aliphatic heterocycles. The van der Waals surface area contributed by atoms with Gasteiger partial charge in [0.2, 0.25) is 5.13 Å². The lowest BCUT2D eigenvalue weighted by atomic mass is 10.2. The van der Waals surface area contributed by atoms with E-state index in [0.29, 0.717) is 28.3 Å². The summed E-state index contributed by atoms with van der Waals surface area (Å²) in [6, 6.07) is 13.6. The van der Waals surface area contributed by atoms with E-state index in [1.807, 2.05) is 48.7 Å². The fraction of sp³-hybridized carbons (Fsp3) is 0.158. The van der Waals surface area contributed by atoms with Crippen molar-refractivity contribution in [2.75, 3.05) is 19.1 Å². The van der Waals surface area contributed by atoms with E-state index in [9.17, 15) is 0 Å². The number of methoxy groups -OCH3 is 1. The maximum absolute atomic E-state index is 6.24. The molecule has 0 radical (unpaired) electrons. The van der Waals surface area contributed by atoms with E-state index < -0.39 is 0 Å². The zero-order valence-corrected chi connectivity index (χ0v) is 16.0. The molecule has 1 aromatic heterocycles. The molecule has 3 rings (SSSR count). The summed E-state index contributed by atoms with van der Waals surface area (Å²) in [6.07, 6.45) is 1.66. The van der Waals surface area contributed by atoms with Crippen molar-refractivity contribution in [3.8, 4) is 22.8 Å². The summed E-state index contributed by atoms with van der Waals surface area (Å²) < 4.78 is 10.8. The number of hydrazone groups is 1. The van der Waals surface area contributed by atoms with Crippen LogP contribution in [0.15, 0.2) is 52.9 Å². The van der Waals surface area contributed by atoms with Gasteiger partial charge in [0.1, 0.15) is 0 Å². The normalized spacial score (nSPS) is 10.9. The fourth-order valence-electron chi connectivity index (χ4n) is 2.35. The standard InChI is InChI=1S/C19H18ClN3O2S/c1-3-25-17-10-13(9-15(20)18(17)24-2)11-21-23-19-22-16(12-26-19)14-7-5-4-6-8-14/h4-12H,3H2,1-2H3,(H,22,23)/b21-11-.